The Hall–Kier alpha value is -0.780. The van der Waals surface area contributed by atoms with E-state index in [2.05, 4.69) is 33.2 Å². The van der Waals surface area contributed by atoms with Gasteiger partial charge in [-0.15, -0.1) is 0 Å². The van der Waals surface area contributed by atoms with E-state index in [0.29, 0.717) is 16.3 Å². The van der Waals surface area contributed by atoms with Crippen LogP contribution in [-0.2, 0) is 6.54 Å². The van der Waals surface area contributed by atoms with Crippen molar-refractivity contribution in [1.82, 2.24) is 10.2 Å². The Morgan fingerprint density at radius 1 is 1.42 bits per heavy atom. The van der Waals surface area contributed by atoms with Crippen molar-refractivity contribution in [2.75, 3.05) is 27.2 Å². The zero-order valence-corrected chi connectivity index (χ0v) is 13.0. The van der Waals surface area contributed by atoms with Crippen LogP contribution in [0.2, 0.25) is 0 Å². The van der Waals surface area contributed by atoms with E-state index in [1.165, 1.54) is 12.8 Å². The first-order chi connectivity index (χ1) is 9.10. The van der Waals surface area contributed by atoms with Crippen LogP contribution in [0.3, 0.4) is 0 Å². The summed E-state index contributed by atoms with van der Waals surface area (Å²) in [5.41, 5.74) is 1.11. The lowest BCUT2D eigenvalue weighted by Gasteiger charge is -2.29. The molecule has 0 unspecified atom stereocenters. The molecule has 2 N–H and O–H groups in total. The Labute approximate surface area is 122 Å². The number of phenols is 1. The summed E-state index contributed by atoms with van der Waals surface area (Å²) in [6.07, 6.45) is 2.37. The second kappa shape index (κ2) is 6.59. The molecule has 1 saturated heterocycles. The number of ether oxygens (including phenoxy) is 1. The predicted molar refractivity (Wildman–Crippen MR) is 79.7 cm³/mol. The molecule has 1 aromatic rings. The lowest BCUT2D eigenvalue weighted by Crippen LogP contribution is -2.40. The highest BCUT2D eigenvalue weighted by Gasteiger charge is 2.16. The molecule has 0 spiro atoms. The van der Waals surface area contributed by atoms with E-state index in [4.69, 9.17) is 4.74 Å². The van der Waals surface area contributed by atoms with Gasteiger partial charge in [0.1, 0.15) is 0 Å². The number of halogens is 1. The number of hydrogen-bond acceptors (Lipinski definition) is 4. The number of nitrogens with zero attached hydrogens (tertiary/aromatic N) is 1. The number of benzene rings is 1. The summed E-state index contributed by atoms with van der Waals surface area (Å²) in [7, 11) is 3.73. The molecule has 0 radical (unpaired) electrons. The van der Waals surface area contributed by atoms with E-state index >= 15 is 0 Å². The summed E-state index contributed by atoms with van der Waals surface area (Å²) in [5.74, 6) is 0.667. The van der Waals surface area contributed by atoms with Crippen LogP contribution >= 0.6 is 15.9 Å². The quantitative estimate of drug-likeness (QED) is 0.890. The lowest BCUT2D eigenvalue weighted by atomic mass is 10.1. The molecule has 106 valence electrons. The molecule has 1 aliphatic rings. The van der Waals surface area contributed by atoms with Crippen molar-refractivity contribution in [2.45, 2.75) is 25.4 Å². The average molecular weight is 329 g/mol. The van der Waals surface area contributed by atoms with Gasteiger partial charge in [-0.1, -0.05) is 0 Å². The number of aromatic hydroxyl groups is 1. The van der Waals surface area contributed by atoms with E-state index in [1.807, 2.05) is 12.1 Å². The van der Waals surface area contributed by atoms with Gasteiger partial charge in [-0.25, -0.2) is 0 Å². The zero-order valence-electron chi connectivity index (χ0n) is 11.4. The van der Waals surface area contributed by atoms with Gasteiger partial charge in [0.05, 0.1) is 11.6 Å². The van der Waals surface area contributed by atoms with Gasteiger partial charge in [-0.2, -0.15) is 0 Å². The smallest absolute Gasteiger partial charge is 0.172 e. The normalized spacial score (nSPS) is 17.6. The molecule has 1 aromatic carbocycles. The number of phenolic OH excluding ortho intramolecular Hbond substituents is 1. The summed E-state index contributed by atoms with van der Waals surface area (Å²) in [5, 5.41) is 13.3. The van der Waals surface area contributed by atoms with Crippen LogP contribution in [0, 0.1) is 0 Å². The second-order valence-corrected chi connectivity index (χ2v) is 5.94. The maximum atomic E-state index is 9.77. The third-order valence-corrected chi connectivity index (χ3v) is 4.23. The number of nitrogens with one attached hydrogen (secondary N) is 1. The fourth-order valence-electron chi connectivity index (χ4n) is 2.36. The monoisotopic (exact) mass is 328 g/mol. The van der Waals surface area contributed by atoms with E-state index in [0.717, 1.165) is 25.2 Å². The van der Waals surface area contributed by atoms with Crippen LogP contribution in [0.25, 0.3) is 0 Å². The highest BCUT2D eigenvalue weighted by Crippen LogP contribution is 2.35. The molecule has 2 rings (SSSR count). The maximum absolute atomic E-state index is 9.77. The number of piperidine rings is 1. The highest BCUT2D eigenvalue weighted by molar-refractivity contribution is 9.10. The first kappa shape index (κ1) is 14.6. The van der Waals surface area contributed by atoms with Gasteiger partial charge in [0.25, 0.3) is 0 Å². The molecule has 1 heterocycles. The molecule has 0 amide bonds. The van der Waals surface area contributed by atoms with Crippen LogP contribution < -0.4 is 10.1 Å². The van der Waals surface area contributed by atoms with Crippen molar-refractivity contribution in [2.24, 2.45) is 0 Å². The number of rotatable bonds is 4. The van der Waals surface area contributed by atoms with Gasteiger partial charge in [0.2, 0.25) is 0 Å². The third-order valence-electron chi connectivity index (χ3n) is 3.62. The van der Waals surface area contributed by atoms with Gasteiger partial charge < -0.3 is 20.1 Å². The van der Waals surface area contributed by atoms with Crippen LogP contribution in [0.4, 0.5) is 0 Å². The predicted octanol–water partition coefficient (Wildman–Crippen LogP) is 2.35. The fourth-order valence-corrected chi connectivity index (χ4v) is 2.85. The molecule has 1 aliphatic heterocycles. The minimum atomic E-state index is 0.158. The van der Waals surface area contributed by atoms with Crippen molar-refractivity contribution in [3.8, 4) is 11.5 Å². The minimum Gasteiger partial charge on any atom is -0.503 e. The van der Waals surface area contributed by atoms with Crippen LogP contribution in [-0.4, -0.2) is 43.3 Å². The molecular weight excluding hydrogens is 308 g/mol. The van der Waals surface area contributed by atoms with Gasteiger partial charge in [0, 0.05) is 12.6 Å². The Kier molecular flexibility index (Phi) is 5.07. The lowest BCUT2D eigenvalue weighted by molar-refractivity contribution is 0.234. The zero-order chi connectivity index (χ0) is 13.8. The molecule has 1 fully saturated rings. The molecule has 0 atom stereocenters. The molecule has 5 heteroatoms. The summed E-state index contributed by atoms with van der Waals surface area (Å²) in [6.45, 7) is 3.10. The van der Waals surface area contributed by atoms with Crippen LogP contribution in [0.15, 0.2) is 16.6 Å². The number of likely N-dealkylation sites (tertiary alicyclic amines) is 1. The Morgan fingerprint density at radius 2 is 2.11 bits per heavy atom. The SMILES string of the molecule is COc1cc(CNC2CCN(C)CC2)cc(Br)c1O. The maximum Gasteiger partial charge on any atom is 0.172 e. The molecule has 0 aliphatic carbocycles. The largest absolute Gasteiger partial charge is 0.503 e. The van der Waals surface area contributed by atoms with Crippen molar-refractivity contribution >= 4 is 15.9 Å². The van der Waals surface area contributed by atoms with Gasteiger partial charge >= 0.3 is 0 Å². The van der Waals surface area contributed by atoms with Gasteiger partial charge in [-0.3, -0.25) is 0 Å². The van der Waals surface area contributed by atoms with Crippen molar-refractivity contribution < 1.29 is 9.84 Å². The van der Waals surface area contributed by atoms with E-state index in [-0.39, 0.29) is 5.75 Å². The van der Waals surface area contributed by atoms with Crippen LogP contribution in [0.1, 0.15) is 18.4 Å². The Bertz CT molecular complexity index is 432. The van der Waals surface area contributed by atoms with Crippen molar-refractivity contribution in [1.29, 1.82) is 0 Å². The molecule has 4 nitrogen and oxygen atoms in total. The molecule has 0 aromatic heterocycles. The molecule has 0 bridgehead atoms. The third kappa shape index (κ3) is 3.84. The molecule has 0 saturated carbocycles. The first-order valence-electron chi connectivity index (χ1n) is 6.57. The number of methoxy groups -OCH3 is 1. The summed E-state index contributed by atoms with van der Waals surface area (Å²) in [4.78, 5) is 2.36. The molecular formula is C14H21BrN2O2. The molecule has 19 heavy (non-hydrogen) atoms. The average Bonchev–Trinajstić information content (AvgIpc) is 2.41. The standard InChI is InChI=1S/C14H21BrN2O2/c1-17-5-3-11(4-6-17)16-9-10-7-12(15)14(18)13(8-10)19-2/h7-8,11,16,18H,3-6,9H2,1-2H3. The van der Waals surface area contributed by atoms with Crippen molar-refractivity contribution in [3.63, 3.8) is 0 Å². The minimum absolute atomic E-state index is 0.158. The van der Waals surface area contributed by atoms with E-state index in [1.54, 1.807) is 7.11 Å². The van der Waals surface area contributed by atoms with E-state index in [9.17, 15) is 5.11 Å². The van der Waals surface area contributed by atoms with Crippen molar-refractivity contribution in [3.05, 3.63) is 22.2 Å². The summed E-state index contributed by atoms with van der Waals surface area (Å²) >= 11 is 3.35. The Morgan fingerprint density at radius 3 is 2.74 bits per heavy atom. The first-order valence-corrected chi connectivity index (χ1v) is 7.36. The summed E-state index contributed by atoms with van der Waals surface area (Å²) < 4.78 is 5.83. The second-order valence-electron chi connectivity index (χ2n) is 5.09. The fraction of sp³-hybridized carbons (Fsp3) is 0.571. The number of hydrogen-bond donors (Lipinski definition) is 2. The Balaban J connectivity index is 1.94. The summed E-state index contributed by atoms with van der Waals surface area (Å²) in [6, 6.07) is 4.39. The van der Waals surface area contributed by atoms with Crippen LogP contribution in [0.5, 0.6) is 11.5 Å². The van der Waals surface area contributed by atoms with E-state index < -0.39 is 0 Å². The topological polar surface area (TPSA) is 44.7 Å². The van der Waals surface area contributed by atoms with Gasteiger partial charge in [-0.05, 0) is 66.6 Å². The van der Waals surface area contributed by atoms with Gasteiger partial charge in [0.15, 0.2) is 11.5 Å². The highest BCUT2D eigenvalue weighted by atomic mass is 79.9.